The fraction of sp³-hybridized carbons (Fsp3) is 1.00. The Hall–Kier alpha value is 0.230. The van der Waals surface area contributed by atoms with Gasteiger partial charge in [0, 0.05) is 14.2 Å². The summed E-state index contributed by atoms with van der Waals surface area (Å²) in [6.07, 6.45) is 17.4. The van der Waals surface area contributed by atoms with Crippen molar-refractivity contribution in [3.05, 3.63) is 0 Å². The molecule has 4 saturated carbocycles. The van der Waals surface area contributed by atoms with Crippen molar-refractivity contribution in [1.82, 2.24) is 0 Å². The maximum Gasteiger partial charge on any atom is 0.168 e. The van der Waals surface area contributed by atoms with Gasteiger partial charge in [0.1, 0.15) is 0 Å². The van der Waals surface area contributed by atoms with E-state index in [0.717, 1.165) is 66.3 Å². The Balaban J connectivity index is 0.00000176. The fourth-order valence-electron chi connectivity index (χ4n) is 10.1. The van der Waals surface area contributed by atoms with E-state index in [1.807, 2.05) is 7.11 Å². The molecule has 0 aromatic heterocycles. The average Bonchev–Trinajstić information content (AvgIpc) is 3.27. The van der Waals surface area contributed by atoms with E-state index in [1.54, 1.807) is 6.42 Å². The second kappa shape index (κ2) is 13.1. The second-order valence-corrected chi connectivity index (χ2v) is 17.1. The van der Waals surface area contributed by atoms with Crippen molar-refractivity contribution in [2.24, 2.45) is 46.3 Å². The molecule has 0 aliphatic heterocycles. The molecule has 0 radical (unpaired) electrons. The van der Waals surface area contributed by atoms with Gasteiger partial charge in [-0.15, -0.1) is 10.3 Å². The Bertz CT molecular complexity index is 658. The number of rotatable bonds is 10. The number of fused-ring (bicyclic) bond motifs is 5. The number of ether oxygens (including phenoxy) is 1. The van der Waals surface area contributed by atoms with Crippen LogP contribution in [0.1, 0.15) is 119 Å². The minimum atomic E-state index is -0.974. The summed E-state index contributed by atoms with van der Waals surface area (Å²) in [4.78, 5) is 0. The summed E-state index contributed by atoms with van der Waals surface area (Å²) in [5.74, 6) is 9.21. The van der Waals surface area contributed by atoms with Gasteiger partial charge in [0.25, 0.3) is 0 Å². The Morgan fingerprint density at radius 1 is 0.806 bits per heavy atom. The molecule has 4 heteroatoms. The minimum Gasteiger partial charge on any atom is -0.400 e. The van der Waals surface area contributed by atoms with Crippen molar-refractivity contribution in [2.45, 2.75) is 125 Å². The van der Waals surface area contributed by atoms with Crippen molar-refractivity contribution >= 4 is 10.3 Å². The van der Waals surface area contributed by atoms with E-state index in [-0.39, 0.29) is 6.29 Å². The molecular weight excluding hydrogens is 464 g/mol. The maximum atomic E-state index is 7.00. The van der Waals surface area contributed by atoms with Crippen LogP contribution < -0.4 is 0 Å². The zero-order valence-corrected chi connectivity index (χ0v) is 26.1. The Morgan fingerprint density at radius 3 is 2.11 bits per heavy atom. The third-order valence-corrected chi connectivity index (χ3v) is 16.1. The van der Waals surface area contributed by atoms with Gasteiger partial charge < -0.3 is 14.0 Å². The van der Waals surface area contributed by atoms with Gasteiger partial charge in [-0.1, -0.05) is 54.4 Å². The maximum absolute atomic E-state index is 7.00. The van der Waals surface area contributed by atoms with Crippen LogP contribution in [0.5, 0.6) is 0 Å². The molecule has 0 spiro atoms. The van der Waals surface area contributed by atoms with Crippen LogP contribution in [0.4, 0.5) is 0 Å². The van der Waals surface area contributed by atoms with Crippen molar-refractivity contribution in [3.63, 3.8) is 0 Å². The van der Waals surface area contributed by atoms with Crippen LogP contribution in [0.2, 0.25) is 0 Å². The molecule has 4 aliphatic rings. The first-order valence-electron chi connectivity index (χ1n) is 15.7. The predicted octanol–water partition coefficient (Wildman–Crippen LogP) is 8.83. The molecule has 4 rings (SSSR count). The Labute approximate surface area is 226 Å². The highest BCUT2D eigenvalue weighted by atomic mass is 32.3. The summed E-state index contributed by atoms with van der Waals surface area (Å²) >= 11 is 0. The summed E-state index contributed by atoms with van der Waals surface area (Å²) in [6, 6.07) is 0. The van der Waals surface area contributed by atoms with Crippen LogP contribution >= 0.6 is 10.3 Å². The number of methoxy groups -OCH3 is 1. The molecule has 3 nitrogen and oxygen atoms in total. The van der Waals surface area contributed by atoms with Crippen molar-refractivity contribution in [1.29, 1.82) is 0 Å². The zero-order valence-electron chi connectivity index (χ0n) is 25.3. The molecule has 214 valence electrons. The van der Waals surface area contributed by atoms with Gasteiger partial charge in [-0.05, 0) is 128 Å². The van der Waals surface area contributed by atoms with Crippen molar-refractivity contribution in [2.75, 3.05) is 31.5 Å². The van der Waals surface area contributed by atoms with Gasteiger partial charge in [-0.3, -0.25) is 0 Å². The van der Waals surface area contributed by atoms with Crippen LogP contribution in [-0.2, 0) is 8.92 Å². The molecule has 0 bridgehead atoms. The van der Waals surface area contributed by atoms with E-state index in [9.17, 15) is 0 Å². The smallest absolute Gasteiger partial charge is 0.168 e. The number of hydrogen-bond donors (Lipinski definition) is 1. The topological polar surface area (TPSA) is 38.7 Å². The van der Waals surface area contributed by atoms with Gasteiger partial charge in [0.2, 0.25) is 0 Å². The first-order chi connectivity index (χ1) is 17.3. The van der Waals surface area contributed by atoms with Crippen LogP contribution in [0.3, 0.4) is 0 Å². The summed E-state index contributed by atoms with van der Waals surface area (Å²) in [5, 5.41) is 7.00. The van der Waals surface area contributed by atoms with Gasteiger partial charge >= 0.3 is 0 Å². The molecule has 1 N–H and O–H groups in total. The molecule has 4 aliphatic carbocycles. The quantitative estimate of drug-likeness (QED) is 0.289. The van der Waals surface area contributed by atoms with Gasteiger partial charge in [-0.2, -0.15) is 0 Å². The fourth-order valence-corrected chi connectivity index (χ4v) is 12.4. The lowest BCUT2D eigenvalue weighted by Gasteiger charge is -2.61. The minimum absolute atomic E-state index is 0.0143. The largest absolute Gasteiger partial charge is 0.400 e. The first-order valence-corrected chi connectivity index (χ1v) is 17.8. The summed E-state index contributed by atoms with van der Waals surface area (Å²) < 4.78 is 12.6. The number of aliphatic hydroxyl groups excluding tert-OH is 1. The lowest BCUT2D eigenvalue weighted by atomic mass is 9.44. The lowest BCUT2D eigenvalue weighted by Crippen LogP contribution is -2.53. The molecule has 9 atom stereocenters. The number of aliphatic hydroxyl groups is 1. The SMILES string of the molecule is CCS(CC)(CC)OC(CC[C@@H](C)C1CCC2C3CCC4CCCC[C@]4(C)C3CC[C@@]21C)OC.CO. The van der Waals surface area contributed by atoms with Crippen molar-refractivity contribution in [3.8, 4) is 0 Å². The van der Waals surface area contributed by atoms with Crippen LogP contribution in [-0.4, -0.2) is 42.9 Å². The lowest BCUT2D eigenvalue weighted by molar-refractivity contribution is -0.115. The third kappa shape index (κ3) is 5.73. The van der Waals surface area contributed by atoms with E-state index in [1.165, 1.54) is 64.2 Å². The molecular formula is C32H62O3S. The molecule has 0 amide bonds. The van der Waals surface area contributed by atoms with Gasteiger partial charge in [0.05, 0.1) is 0 Å². The van der Waals surface area contributed by atoms with E-state index in [4.69, 9.17) is 14.0 Å². The summed E-state index contributed by atoms with van der Waals surface area (Å²) in [7, 11) is 1.88. The van der Waals surface area contributed by atoms with E-state index in [0.29, 0.717) is 10.8 Å². The third-order valence-electron chi connectivity index (χ3n) is 12.4. The summed E-state index contributed by atoms with van der Waals surface area (Å²) in [5.41, 5.74) is 1.25. The van der Waals surface area contributed by atoms with Gasteiger partial charge in [-0.25, -0.2) is 0 Å². The van der Waals surface area contributed by atoms with Crippen LogP contribution in [0.15, 0.2) is 0 Å². The Morgan fingerprint density at radius 2 is 1.47 bits per heavy atom. The predicted molar refractivity (Wildman–Crippen MR) is 157 cm³/mol. The molecule has 36 heavy (non-hydrogen) atoms. The normalized spacial score (nSPS) is 40.2. The standard InChI is InChI=1S/C31H58O2S.CH4O/c1-8-34(9-2,10-3)33-29(32-7)19-14-23(4)26-17-18-27-25-16-15-24-13-11-12-21-30(24,5)28(25)20-22-31(26,27)6;1-2/h23-29H,8-22H2,1-7H3;2H,1H3/t23-,24?,25?,26?,27?,28?,29?,30+,31-;/m1./s1. The zero-order chi connectivity index (χ0) is 26.6. The highest BCUT2D eigenvalue weighted by Crippen LogP contribution is 2.68. The highest BCUT2D eigenvalue weighted by Gasteiger charge is 2.60. The molecule has 0 heterocycles. The van der Waals surface area contributed by atoms with E-state index >= 15 is 0 Å². The van der Waals surface area contributed by atoms with E-state index in [2.05, 4.69) is 41.5 Å². The van der Waals surface area contributed by atoms with Crippen molar-refractivity contribution < 1.29 is 14.0 Å². The van der Waals surface area contributed by atoms with Crippen LogP contribution in [0.25, 0.3) is 0 Å². The molecule has 4 fully saturated rings. The summed E-state index contributed by atoms with van der Waals surface area (Å²) in [6.45, 7) is 14.9. The molecule has 0 aromatic rings. The van der Waals surface area contributed by atoms with Crippen LogP contribution in [0, 0.1) is 46.3 Å². The molecule has 0 saturated heterocycles. The highest BCUT2D eigenvalue weighted by molar-refractivity contribution is 8.29. The average molecular weight is 527 g/mol. The van der Waals surface area contributed by atoms with E-state index < -0.39 is 10.3 Å². The Kier molecular flexibility index (Phi) is 11.2. The second-order valence-electron chi connectivity index (χ2n) is 13.3. The first kappa shape index (κ1) is 30.8. The van der Waals surface area contributed by atoms with Gasteiger partial charge in [0.15, 0.2) is 6.29 Å². The molecule has 0 aromatic carbocycles. The monoisotopic (exact) mass is 526 g/mol. The number of hydrogen-bond acceptors (Lipinski definition) is 3. The molecule has 6 unspecified atom stereocenters.